The van der Waals surface area contributed by atoms with Gasteiger partial charge in [-0.15, -0.1) is 0 Å². The van der Waals surface area contributed by atoms with Crippen molar-refractivity contribution in [2.24, 2.45) is 0 Å². The Hall–Kier alpha value is -1.66. The molecule has 6 heteroatoms. The molecule has 0 aliphatic heterocycles. The second-order valence-corrected chi connectivity index (χ2v) is 6.35. The van der Waals surface area contributed by atoms with Crippen LogP contribution in [-0.2, 0) is 10.0 Å². The fraction of sp³-hybridized carbons (Fsp3) is 0.357. The quantitative estimate of drug-likeness (QED) is 0.849. The lowest BCUT2D eigenvalue weighted by molar-refractivity contribution is 0.445. The van der Waals surface area contributed by atoms with Crippen LogP contribution in [0.15, 0.2) is 41.4 Å². The highest BCUT2D eigenvalue weighted by atomic mass is 32.2. The molecule has 0 fully saturated rings. The van der Waals surface area contributed by atoms with Gasteiger partial charge in [-0.25, -0.2) is 13.1 Å². The summed E-state index contributed by atoms with van der Waals surface area (Å²) in [6.45, 7) is 6.29. The molecule has 0 aliphatic rings. The van der Waals surface area contributed by atoms with Crippen molar-refractivity contribution in [1.82, 2.24) is 14.1 Å². The minimum atomic E-state index is -3.47. The summed E-state index contributed by atoms with van der Waals surface area (Å²) in [5.41, 5.74) is 1.36. The van der Waals surface area contributed by atoms with Gasteiger partial charge in [-0.1, -0.05) is 32.0 Å². The van der Waals surface area contributed by atoms with E-state index in [0.29, 0.717) is 18.8 Å². The normalized spacial score (nSPS) is 12.0. The second kappa shape index (κ2) is 5.76. The molecule has 0 N–H and O–H groups in total. The first-order valence-electron chi connectivity index (χ1n) is 6.62. The number of aromatic nitrogens is 2. The van der Waals surface area contributed by atoms with E-state index >= 15 is 0 Å². The largest absolute Gasteiger partial charge is 0.246 e. The minimum absolute atomic E-state index is 0.269. The summed E-state index contributed by atoms with van der Waals surface area (Å²) < 4.78 is 28.1. The average molecular weight is 293 g/mol. The summed E-state index contributed by atoms with van der Waals surface area (Å²) in [7, 11) is -3.47. The van der Waals surface area contributed by atoms with Gasteiger partial charge in [0.15, 0.2) is 0 Å². The zero-order valence-corrected chi connectivity index (χ0v) is 12.8. The second-order valence-electron chi connectivity index (χ2n) is 4.45. The van der Waals surface area contributed by atoms with Crippen LogP contribution in [0.2, 0.25) is 0 Å². The highest BCUT2D eigenvalue weighted by Crippen LogP contribution is 2.20. The van der Waals surface area contributed by atoms with Gasteiger partial charge in [0.25, 0.3) is 0 Å². The molecule has 108 valence electrons. The predicted octanol–water partition coefficient (Wildman–Crippen LogP) is 2.21. The van der Waals surface area contributed by atoms with E-state index in [2.05, 4.69) is 5.10 Å². The number of para-hydroxylation sites is 1. The van der Waals surface area contributed by atoms with E-state index in [1.165, 1.54) is 4.31 Å². The van der Waals surface area contributed by atoms with Gasteiger partial charge in [0.2, 0.25) is 10.0 Å². The third-order valence-corrected chi connectivity index (χ3v) is 5.35. The third kappa shape index (κ3) is 2.62. The molecule has 0 saturated carbocycles. The van der Waals surface area contributed by atoms with Crippen LogP contribution in [0.5, 0.6) is 0 Å². The van der Waals surface area contributed by atoms with Crippen molar-refractivity contribution in [3.05, 3.63) is 42.2 Å². The molecule has 2 rings (SSSR count). The molecular formula is C14H19N3O2S. The standard InChI is InChI=1S/C14H19N3O2S/c1-4-16(5-2)20(18,19)14-11-17(15-12(14)3)13-9-7-6-8-10-13/h6-11H,4-5H2,1-3H3. The summed E-state index contributed by atoms with van der Waals surface area (Å²) in [5, 5.41) is 4.31. The number of benzene rings is 1. The maximum atomic E-state index is 12.5. The summed E-state index contributed by atoms with van der Waals surface area (Å²) in [6, 6.07) is 9.48. The van der Waals surface area contributed by atoms with E-state index in [1.807, 2.05) is 44.2 Å². The van der Waals surface area contributed by atoms with Gasteiger partial charge in [0.1, 0.15) is 4.90 Å². The Labute approximate surface area is 119 Å². The van der Waals surface area contributed by atoms with Gasteiger partial charge in [0.05, 0.1) is 17.6 Å². The monoisotopic (exact) mass is 293 g/mol. The Bertz CT molecular complexity index is 674. The van der Waals surface area contributed by atoms with Crippen LogP contribution in [0.25, 0.3) is 5.69 Å². The number of aryl methyl sites for hydroxylation is 1. The maximum absolute atomic E-state index is 12.5. The molecule has 0 aliphatic carbocycles. The molecule has 0 saturated heterocycles. The van der Waals surface area contributed by atoms with Crippen molar-refractivity contribution in [3.8, 4) is 5.69 Å². The van der Waals surface area contributed by atoms with E-state index in [1.54, 1.807) is 17.8 Å². The number of nitrogens with zero attached hydrogens (tertiary/aromatic N) is 3. The first-order chi connectivity index (χ1) is 9.50. The van der Waals surface area contributed by atoms with E-state index in [9.17, 15) is 8.42 Å². The van der Waals surface area contributed by atoms with E-state index < -0.39 is 10.0 Å². The molecule has 5 nitrogen and oxygen atoms in total. The lowest BCUT2D eigenvalue weighted by Crippen LogP contribution is -2.30. The Morgan fingerprint density at radius 3 is 2.30 bits per heavy atom. The third-order valence-electron chi connectivity index (χ3n) is 3.20. The molecular weight excluding hydrogens is 274 g/mol. The van der Waals surface area contributed by atoms with Crippen molar-refractivity contribution in [3.63, 3.8) is 0 Å². The summed E-state index contributed by atoms with van der Waals surface area (Å²) in [4.78, 5) is 0.269. The number of rotatable bonds is 5. The molecule has 1 aromatic heterocycles. The summed E-state index contributed by atoms with van der Waals surface area (Å²) in [5.74, 6) is 0. The van der Waals surface area contributed by atoms with Crippen LogP contribution in [0, 0.1) is 6.92 Å². The van der Waals surface area contributed by atoms with Crippen LogP contribution in [0.4, 0.5) is 0 Å². The van der Waals surface area contributed by atoms with Crippen molar-refractivity contribution in [2.75, 3.05) is 13.1 Å². The molecule has 0 atom stereocenters. The summed E-state index contributed by atoms with van der Waals surface area (Å²) >= 11 is 0. The van der Waals surface area contributed by atoms with Gasteiger partial charge in [0, 0.05) is 13.1 Å². The lowest BCUT2D eigenvalue weighted by atomic mass is 10.3. The van der Waals surface area contributed by atoms with Crippen molar-refractivity contribution >= 4 is 10.0 Å². The van der Waals surface area contributed by atoms with E-state index in [4.69, 9.17) is 0 Å². The number of hydrogen-bond acceptors (Lipinski definition) is 3. The zero-order valence-electron chi connectivity index (χ0n) is 11.9. The highest BCUT2D eigenvalue weighted by molar-refractivity contribution is 7.89. The lowest BCUT2D eigenvalue weighted by Gasteiger charge is -2.17. The van der Waals surface area contributed by atoms with E-state index in [0.717, 1.165) is 5.69 Å². The smallest absolute Gasteiger partial charge is 0.239 e. The Balaban J connectivity index is 2.48. The van der Waals surface area contributed by atoms with Crippen LogP contribution >= 0.6 is 0 Å². The molecule has 0 unspecified atom stereocenters. The summed E-state index contributed by atoms with van der Waals surface area (Å²) in [6.07, 6.45) is 1.58. The highest BCUT2D eigenvalue weighted by Gasteiger charge is 2.26. The molecule has 0 radical (unpaired) electrons. The Morgan fingerprint density at radius 2 is 1.75 bits per heavy atom. The minimum Gasteiger partial charge on any atom is -0.239 e. The topological polar surface area (TPSA) is 55.2 Å². The van der Waals surface area contributed by atoms with Gasteiger partial charge < -0.3 is 0 Å². The molecule has 1 aromatic carbocycles. The number of hydrogen-bond donors (Lipinski definition) is 0. The first-order valence-corrected chi connectivity index (χ1v) is 8.06. The zero-order chi connectivity index (χ0) is 14.8. The van der Waals surface area contributed by atoms with Crippen molar-refractivity contribution in [2.45, 2.75) is 25.7 Å². The fourth-order valence-electron chi connectivity index (χ4n) is 2.11. The van der Waals surface area contributed by atoms with Gasteiger partial charge in [-0.2, -0.15) is 9.40 Å². The Kier molecular flexibility index (Phi) is 4.25. The van der Waals surface area contributed by atoms with Gasteiger partial charge in [-0.3, -0.25) is 0 Å². The van der Waals surface area contributed by atoms with Crippen molar-refractivity contribution < 1.29 is 8.42 Å². The molecule has 20 heavy (non-hydrogen) atoms. The molecule has 2 aromatic rings. The van der Waals surface area contributed by atoms with Gasteiger partial charge >= 0.3 is 0 Å². The molecule has 1 heterocycles. The van der Waals surface area contributed by atoms with Gasteiger partial charge in [-0.05, 0) is 19.1 Å². The molecule has 0 bridgehead atoms. The van der Waals surface area contributed by atoms with Crippen LogP contribution in [-0.4, -0.2) is 35.6 Å². The SMILES string of the molecule is CCN(CC)S(=O)(=O)c1cn(-c2ccccc2)nc1C. The molecule has 0 amide bonds. The average Bonchev–Trinajstić information content (AvgIpc) is 2.84. The predicted molar refractivity (Wildman–Crippen MR) is 78.4 cm³/mol. The first kappa shape index (κ1) is 14.7. The van der Waals surface area contributed by atoms with E-state index in [-0.39, 0.29) is 4.90 Å². The number of sulfonamides is 1. The molecule has 0 spiro atoms. The van der Waals surface area contributed by atoms with Crippen LogP contribution < -0.4 is 0 Å². The van der Waals surface area contributed by atoms with Crippen molar-refractivity contribution in [1.29, 1.82) is 0 Å². The fourth-order valence-corrected chi connectivity index (χ4v) is 3.72. The maximum Gasteiger partial charge on any atom is 0.246 e. The van der Waals surface area contributed by atoms with Crippen LogP contribution in [0.3, 0.4) is 0 Å². The van der Waals surface area contributed by atoms with Crippen LogP contribution in [0.1, 0.15) is 19.5 Å². The Morgan fingerprint density at radius 1 is 1.15 bits per heavy atom.